The average Bonchev–Trinajstić information content (AvgIpc) is 3.08. The maximum absolute atomic E-state index is 12.3. The topological polar surface area (TPSA) is 113 Å². The summed E-state index contributed by atoms with van der Waals surface area (Å²) in [6, 6.07) is 10.7. The lowest BCUT2D eigenvalue weighted by Gasteiger charge is -2.07. The number of H-pyrrole nitrogens is 1. The van der Waals surface area contributed by atoms with Crippen molar-refractivity contribution in [3.05, 3.63) is 64.3 Å². The second kappa shape index (κ2) is 7.43. The third kappa shape index (κ3) is 4.11. The van der Waals surface area contributed by atoms with E-state index < -0.39 is 0 Å². The van der Waals surface area contributed by atoms with Gasteiger partial charge in [0.1, 0.15) is 17.5 Å². The molecule has 0 saturated heterocycles. The maximum Gasteiger partial charge on any atom is 0.256 e. The SMILES string of the molecule is Cc1cc(=O)[nH]c(NCCNC(=O)c2conc2-c2ccccc2)n1. The molecule has 2 heterocycles. The van der Waals surface area contributed by atoms with Gasteiger partial charge in [-0.2, -0.15) is 0 Å². The molecule has 1 aromatic carbocycles. The highest BCUT2D eigenvalue weighted by molar-refractivity contribution is 5.99. The molecule has 3 rings (SSSR count). The molecule has 128 valence electrons. The van der Waals surface area contributed by atoms with E-state index in [9.17, 15) is 9.59 Å². The lowest BCUT2D eigenvalue weighted by molar-refractivity contribution is 0.0955. The molecule has 8 nitrogen and oxygen atoms in total. The van der Waals surface area contributed by atoms with Gasteiger partial charge in [0.05, 0.1) is 0 Å². The lowest BCUT2D eigenvalue weighted by atomic mass is 10.1. The zero-order valence-corrected chi connectivity index (χ0v) is 13.6. The van der Waals surface area contributed by atoms with Crippen molar-refractivity contribution in [2.45, 2.75) is 6.92 Å². The van der Waals surface area contributed by atoms with Crippen LogP contribution in [0.1, 0.15) is 16.1 Å². The fourth-order valence-corrected chi connectivity index (χ4v) is 2.32. The number of aromatic nitrogens is 3. The highest BCUT2D eigenvalue weighted by Crippen LogP contribution is 2.21. The summed E-state index contributed by atoms with van der Waals surface area (Å²) in [5.74, 6) is 0.0850. The Balaban J connectivity index is 1.57. The summed E-state index contributed by atoms with van der Waals surface area (Å²) in [6.07, 6.45) is 1.32. The van der Waals surface area contributed by atoms with Gasteiger partial charge < -0.3 is 15.2 Å². The largest absolute Gasteiger partial charge is 0.363 e. The van der Waals surface area contributed by atoms with Gasteiger partial charge in [-0.1, -0.05) is 35.5 Å². The Morgan fingerprint density at radius 2 is 2.04 bits per heavy atom. The van der Waals surface area contributed by atoms with Crippen molar-refractivity contribution in [2.75, 3.05) is 18.4 Å². The monoisotopic (exact) mass is 339 g/mol. The van der Waals surface area contributed by atoms with Crippen LogP contribution in [0.2, 0.25) is 0 Å². The molecule has 2 aromatic heterocycles. The minimum absolute atomic E-state index is 0.226. The number of carbonyl (C=O) groups is 1. The minimum Gasteiger partial charge on any atom is -0.363 e. The van der Waals surface area contributed by atoms with E-state index in [2.05, 4.69) is 25.8 Å². The molecule has 0 bridgehead atoms. The van der Waals surface area contributed by atoms with E-state index in [1.165, 1.54) is 12.3 Å². The van der Waals surface area contributed by atoms with Gasteiger partial charge in [-0.3, -0.25) is 14.6 Å². The summed E-state index contributed by atoms with van der Waals surface area (Å²) in [5.41, 5.74) is 2.06. The molecular formula is C17H17N5O3. The molecule has 0 saturated carbocycles. The number of benzene rings is 1. The summed E-state index contributed by atoms with van der Waals surface area (Å²) < 4.78 is 4.95. The van der Waals surface area contributed by atoms with E-state index >= 15 is 0 Å². The number of hydrogen-bond donors (Lipinski definition) is 3. The Hall–Kier alpha value is -3.42. The molecule has 0 unspecified atom stereocenters. The molecule has 3 N–H and O–H groups in total. The van der Waals surface area contributed by atoms with E-state index in [1.54, 1.807) is 6.92 Å². The van der Waals surface area contributed by atoms with Gasteiger partial charge >= 0.3 is 0 Å². The molecule has 3 aromatic rings. The Morgan fingerprint density at radius 1 is 1.24 bits per heavy atom. The summed E-state index contributed by atoms with van der Waals surface area (Å²) in [5, 5.41) is 9.63. The Labute approximate surface area is 143 Å². The predicted octanol–water partition coefficient (Wildman–Crippen LogP) is 1.58. The molecule has 0 aliphatic heterocycles. The van der Waals surface area contributed by atoms with Crippen LogP contribution in [0, 0.1) is 6.92 Å². The van der Waals surface area contributed by atoms with E-state index in [4.69, 9.17) is 4.52 Å². The second-order valence-electron chi connectivity index (χ2n) is 5.36. The first-order valence-corrected chi connectivity index (χ1v) is 7.73. The maximum atomic E-state index is 12.3. The highest BCUT2D eigenvalue weighted by atomic mass is 16.5. The molecule has 0 radical (unpaired) electrons. The van der Waals surface area contributed by atoms with Gasteiger partial charge in [0, 0.05) is 30.4 Å². The number of aromatic amines is 1. The smallest absolute Gasteiger partial charge is 0.256 e. The molecule has 0 aliphatic rings. The first-order valence-electron chi connectivity index (χ1n) is 7.73. The van der Waals surface area contributed by atoms with E-state index in [0.29, 0.717) is 36.0 Å². The fraction of sp³-hybridized carbons (Fsp3) is 0.176. The molecular weight excluding hydrogens is 322 g/mol. The molecule has 25 heavy (non-hydrogen) atoms. The Kier molecular flexibility index (Phi) is 4.89. The number of carbonyl (C=O) groups excluding carboxylic acids is 1. The number of aryl methyl sites for hydroxylation is 1. The number of nitrogens with one attached hydrogen (secondary N) is 3. The average molecular weight is 339 g/mol. The number of nitrogens with zero attached hydrogens (tertiary/aromatic N) is 2. The van der Waals surface area contributed by atoms with Gasteiger partial charge in [-0.05, 0) is 6.92 Å². The van der Waals surface area contributed by atoms with Crippen LogP contribution in [0.3, 0.4) is 0 Å². The zero-order chi connectivity index (χ0) is 17.6. The molecule has 0 atom stereocenters. The Bertz CT molecular complexity index is 917. The van der Waals surface area contributed by atoms with Crippen LogP contribution in [-0.4, -0.2) is 34.1 Å². The van der Waals surface area contributed by atoms with Crippen molar-refractivity contribution in [2.24, 2.45) is 0 Å². The van der Waals surface area contributed by atoms with Crippen molar-refractivity contribution in [1.29, 1.82) is 0 Å². The van der Waals surface area contributed by atoms with Crippen LogP contribution in [0.15, 0.2) is 52.0 Å². The molecule has 0 spiro atoms. The third-order valence-corrected chi connectivity index (χ3v) is 3.43. The number of anilines is 1. The van der Waals surface area contributed by atoms with Crippen molar-refractivity contribution in [3.63, 3.8) is 0 Å². The number of hydrogen-bond acceptors (Lipinski definition) is 6. The van der Waals surface area contributed by atoms with Crippen molar-refractivity contribution >= 4 is 11.9 Å². The van der Waals surface area contributed by atoms with Crippen molar-refractivity contribution in [1.82, 2.24) is 20.4 Å². The standard InChI is InChI=1S/C17H17N5O3/c1-11-9-14(23)21-17(20-11)19-8-7-18-16(24)13-10-25-22-15(13)12-5-3-2-4-6-12/h2-6,9-10H,7-8H2,1H3,(H,18,24)(H2,19,20,21,23). The van der Waals surface area contributed by atoms with Crippen LogP contribution in [0.5, 0.6) is 0 Å². The van der Waals surface area contributed by atoms with Crippen LogP contribution in [0.25, 0.3) is 11.3 Å². The van der Waals surface area contributed by atoms with Crippen LogP contribution < -0.4 is 16.2 Å². The van der Waals surface area contributed by atoms with Crippen molar-refractivity contribution < 1.29 is 9.32 Å². The van der Waals surface area contributed by atoms with Gasteiger partial charge in [0.2, 0.25) is 5.95 Å². The fourth-order valence-electron chi connectivity index (χ4n) is 2.32. The summed E-state index contributed by atoms with van der Waals surface area (Å²) in [6.45, 7) is 2.49. The quantitative estimate of drug-likeness (QED) is 0.588. The van der Waals surface area contributed by atoms with Crippen LogP contribution in [-0.2, 0) is 0 Å². The van der Waals surface area contributed by atoms with Gasteiger partial charge in [0.25, 0.3) is 11.5 Å². The summed E-state index contributed by atoms with van der Waals surface area (Å²) >= 11 is 0. The molecule has 1 amide bonds. The first kappa shape index (κ1) is 16.4. The van der Waals surface area contributed by atoms with E-state index in [1.807, 2.05) is 30.3 Å². The predicted molar refractivity (Wildman–Crippen MR) is 92.4 cm³/mol. The van der Waals surface area contributed by atoms with E-state index in [0.717, 1.165) is 5.56 Å². The minimum atomic E-state index is -0.285. The third-order valence-electron chi connectivity index (χ3n) is 3.43. The van der Waals surface area contributed by atoms with Crippen LogP contribution >= 0.6 is 0 Å². The molecule has 0 aliphatic carbocycles. The molecule has 0 fully saturated rings. The van der Waals surface area contributed by atoms with Gasteiger partial charge in [0.15, 0.2) is 0 Å². The normalized spacial score (nSPS) is 10.4. The van der Waals surface area contributed by atoms with Gasteiger partial charge in [-0.15, -0.1) is 0 Å². The zero-order valence-electron chi connectivity index (χ0n) is 13.6. The Morgan fingerprint density at radius 3 is 2.80 bits per heavy atom. The highest BCUT2D eigenvalue weighted by Gasteiger charge is 2.16. The second-order valence-corrected chi connectivity index (χ2v) is 5.36. The number of rotatable bonds is 6. The summed E-state index contributed by atoms with van der Waals surface area (Å²) in [4.78, 5) is 30.4. The van der Waals surface area contributed by atoms with Gasteiger partial charge in [-0.25, -0.2) is 4.98 Å². The molecule has 8 heteroatoms. The van der Waals surface area contributed by atoms with Crippen molar-refractivity contribution in [3.8, 4) is 11.3 Å². The summed E-state index contributed by atoms with van der Waals surface area (Å²) in [7, 11) is 0. The lowest BCUT2D eigenvalue weighted by Crippen LogP contribution is -2.29. The van der Waals surface area contributed by atoms with Crippen LogP contribution in [0.4, 0.5) is 5.95 Å². The first-order chi connectivity index (χ1) is 12.1. The number of amides is 1. The van der Waals surface area contributed by atoms with E-state index in [-0.39, 0.29) is 11.5 Å².